The molecule has 0 saturated carbocycles. The van der Waals surface area contributed by atoms with E-state index in [2.05, 4.69) is 15.3 Å². The van der Waals surface area contributed by atoms with E-state index in [4.69, 9.17) is 12.2 Å². The van der Waals surface area contributed by atoms with Gasteiger partial charge >= 0.3 is 0 Å². The van der Waals surface area contributed by atoms with Crippen molar-refractivity contribution in [3.05, 3.63) is 88.2 Å². The first-order valence-corrected chi connectivity index (χ1v) is 7.80. The van der Waals surface area contributed by atoms with E-state index < -0.39 is 0 Å². The van der Waals surface area contributed by atoms with Crippen LogP contribution < -0.4 is 0 Å². The van der Waals surface area contributed by atoms with Gasteiger partial charge in [-0.25, -0.2) is 4.39 Å². The molecule has 0 spiro atoms. The molecule has 4 nitrogen and oxygen atoms in total. The van der Waals surface area contributed by atoms with Gasteiger partial charge in [0.2, 0.25) is 4.77 Å². The Morgan fingerprint density at radius 1 is 1.12 bits per heavy atom. The quantitative estimate of drug-likeness (QED) is 0.559. The van der Waals surface area contributed by atoms with Crippen LogP contribution >= 0.6 is 12.2 Å². The summed E-state index contributed by atoms with van der Waals surface area (Å²) in [5.41, 5.74) is 2.02. The number of hydrogen-bond acceptors (Lipinski definition) is 3. The summed E-state index contributed by atoms with van der Waals surface area (Å²) in [5, 5.41) is 11.2. The zero-order valence-corrected chi connectivity index (χ0v) is 13.6. The first-order chi connectivity index (χ1) is 11.7. The van der Waals surface area contributed by atoms with Crippen LogP contribution in [0, 0.1) is 10.6 Å². The van der Waals surface area contributed by atoms with Crippen molar-refractivity contribution < 1.29 is 4.39 Å². The van der Waals surface area contributed by atoms with Crippen LogP contribution in [0.3, 0.4) is 0 Å². The molecule has 2 aromatic carbocycles. The fourth-order valence-corrected chi connectivity index (χ4v) is 2.36. The Balaban J connectivity index is 1.75. The second-order valence-electron chi connectivity index (χ2n) is 5.09. The summed E-state index contributed by atoms with van der Waals surface area (Å²) in [6.45, 7) is 0. The smallest absolute Gasteiger partial charge is 0.216 e. The van der Waals surface area contributed by atoms with E-state index in [-0.39, 0.29) is 5.82 Å². The largest absolute Gasteiger partial charge is 0.250 e. The number of rotatable bonds is 5. The van der Waals surface area contributed by atoms with Gasteiger partial charge in [0.05, 0.1) is 0 Å². The highest BCUT2D eigenvalue weighted by atomic mass is 32.1. The van der Waals surface area contributed by atoms with Crippen molar-refractivity contribution >= 4 is 24.5 Å². The lowest BCUT2D eigenvalue weighted by molar-refractivity contribution is 0.627. The van der Waals surface area contributed by atoms with Crippen molar-refractivity contribution in [3.63, 3.8) is 0 Å². The molecule has 1 aromatic heterocycles. The number of nitrogens with one attached hydrogen (secondary N) is 1. The van der Waals surface area contributed by atoms with Gasteiger partial charge in [0, 0.05) is 12.6 Å². The number of H-pyrrole nitrogens is 1. The molecule has 0 atom stereocenters. The number of nitrogens with zero attached hydrogens (tertiary/aromatic N) is 3. The third-order valence-corrected chi connectivity index (χ3v) is 3.61. The van der Waals surface area contributed by atoms with E-state index in [0.717, 1.165) is 11.1 Å². The first kappa shape index (κ1) is 16.0. The van der Waals surface area contributed by atoms with Gasteiger partial charge in [-0.15, -0.1) is 0 Å². The SMILES string of the molecule is Fc1ccc(Cc2n[nH]c(=S)n2/N=C\C=C\c2ccccc2)cc1. The standard InChI is InChI=1S/C18H15FN4S/c19-16-10-8-15(9-11-16)13-17-21-22-18(24)23(17)20-12-4-7-14-5-2-1-3-6-14/h1-12H,13H2,(H,22,24)/b7-4+,20-12-. The van der Waals surface area contributed by atoms with E-state index in [0.29, 0.717) is 17.0 Å². The Bertz CT molecular complexity index is 908. The van der Waals surface area contributed by atoms with Crippen LogP contribution in [0.5, 0.6) is 0 Å². The van der Waals surface area contributed by atoms with Crippen molar-refractivity contribution in [2.24, 2.45) is 5.10 Å². The maximum absolute atomic E-state index is 13.0. The molecule has 0 bridgehead atoms. The minimum Gasteiger partial charge on any atom is -0.250 e. The number of allylic oxidation sites excluding steroid dienone is 1. The Hall–Kier alpha value is -2.86. The lowest BCUT2D eigenvalue weighted by atomic mass is 10.1. The molecule has 0 amide bonds. The van der Waals surface area contributed by atoms with Crippen LogP contribution in [-0.2, 0) is 6.42 Å². The molecule has 1 N–H and O–H groups in total. The maximum atomic E-state index is 13.0. The second-order valence-corrected chi connectivity index (χ2v) is 5.48. The highest BCUT2D eigenvalue weighted by Gasteiger charge is 2.06. The summed E-state index contributed by atoms with van der Waals surface area (Å²) in [4.78, 5) is 0. The number of benzene rings is 2. The molecule has 0 aliphatic rings. The van der Waals surface area contributed by atoms with Crippen LogP contribution in [-0.4, -0.2) is 21.1 Å². The lowest BCUT2D eigenvalue weighted by Gasteiger charge is -2.01. The number of hydrogen-bond donors (Lipinski definition) is 1. The van der Waals surface area contributed by atoms with Gasteiger partial charge in [-0.3, -0.25) is 5.10 Å². The Morgan fingerprint density at radius 3 is 2.62 bits per heavy atom. The maximum Gasteiger partial charge on any atom is 0.216 e. The molecular formula is C18H15FN4S. The zero-order valence-electron chi connectivity index (χ0n) is 12.8. The van der Waals surface area contributed by atoms with Crippen molar-refractivity contribution in [2.75, 3.05) is 0 Å². The Kier molecular flexibility index (Phi) is 5.08. The van der Waals surface area contributed by atoms with Crippen molar-refractivity contribution in [2.45, 2.75) is 6.42 Å². The predicted octanol–water partition coefficient (Wildman–Crippen LogP) is 4.22. The Labute approximate surface area is 144 Å². The second kappa shape index (κ2) is 7.61. The zero-order chi connectivity index (χ0) is 16.8. The Morgan fingerprint density at radius 2 is 1.88 bits per heavy atom. The predicted molar refractivity (Wildman–Crippen MR) is 96.0 cm³/mol. The summed E-state index contributed by atoms with van der Waals surface area (Å²) < 4.78 is 15.0. The van der Waals surface area contributed by atoms with Crippen LogP contribution in [0.2, 0.25) is 0 Å². The van der Waals surface area contributed by atoms with Crippen LogP contribution in [0.25, 0.3) is 6.08 Å². The fraction of sp³-hybridized carbons (Fsp3) is 0.0556. The van der Waals surface area contributed by atoms with Crippen molar-refractivity contribution in [1.29, 1.82) is 0 Å². The average Bonchev–Trinajstić information content (AvgIpc) is 2.95. The minimum absolute atomic E-state index is 0.262. The van der Waals surface area contributed by atoms with E-state index in [9.17, 15) is 4.39 Å². The highest BCUT2D eigenvalue weighted by Crippen LogP contribution is 2.09. The summed E-state index contributed by atoms with van der Waals surface area (Å²) >= 11 is 5.20. The van der Waals surface area contributed by atoms with Gasteiger partial charge in [-0.05, 0) is 41.6 Å². The highest BCUT2D eigenvalue weighted by molar-refractivity contribution is 7.71. The van der Waals surface area contributed by atoms with Crippen LogP contribution in [0.4, 0.5) is 4.39 Å². The summed E-state index contributed by atoms with van der Waals surface area (Å²) in [7, 11) is 0. The molecule has 3 aromatic rings. The van der Waals surface area contributed by atoms with Crippen LogP contribution in [0.1, 0.15) is 17.0 Å². The molecule has 120 valence electrons. The first-order valence-electron chi connectivity index (χ1n) is 7.39. The summed E-state index contributed by atoms with van der Waals surface area (Å²) in [6.07, 6.45) is 5.96. The van der Waals surface area contributed by atoms with Crippen molar-refractivity contribution in [1.82, 2.24) is 14.9 Å². The van der Waals surface area contributed by atoms with Gasteiger partial charge in [-0.1, -0.05) is 48.5 Å². The molecule has 0 unspecified atom stereocenters. The molecule has 0 aliphatic carbocycles. The van der Waals surface area contributed by atoms with E-state index in [1.807, 2.05) is 42.5 Å². The summed E-state index contributed by atoms with van der Waals surface area (Å²) in [5.74, 6) is 0.401. The average molecular weight is 338 g/mol. The number of halogens is 1. The number of aromatic amines is 1. The minimum atomic E-state index is -0.262. The fourth-order valence-electron chi connectivity index (χ4n) is 2.17. The third kappa shape index (κ3) is 4.11. The third-order valence-electron chi connectivity index (χ3n) is 3.35. The molecular weight excluding hydrogens is 323 g/mol. The van der Waals surface area contributed by atoms with E-state index in [1.165, 1.54) is 12.1 Å². The van der Waals surface area contributed by atoms with Gasteiger partial charge in [0.15, 0.2) is 5.82 Å². The molecule has 0 saturated heterocycles. The van der Waals surface area contributed by atoms with Gasteiger partial charge < -0.3 is 0 Å². The molecule has 0 fully saturated rings. The molecule has 6 heteroatoms. The molecule has 1 heterocycles. The lowest BCUT2D eigenvalue weighted by Crippen LogP contribution is -1.99. The van der Waals surface area contributed by atoms with Gasteiger partial charge in [-0.2, -0.15) is 14.9 Å². The van der Waals surface area contributed by atoms with Crippen LogP contribution in [0.15, 0.2) is 65.8 Å². The molecule has 0 aliphatic heterocycles. The summed E-state index contributed by atoms with van der Waals surface area (Å²) in [6, 6.07) is 16.2. The van der Waals surface area contributed by atoms with Crippen molar-refractivity contribution in [3.8, 4) is 0 Å². The molecule has 3 rings (SSSR count). The van der Waals surface area contributed by atoms with E-state index in [1.54, 1.807) is 23.0 Å². The number of aromatic nitrogens is 3. The molecule has 0 radical (unpaired) electrons. The normalized spacial score (nSPS) is 11.5. The van der Waals surface area contributed by atoms with Gasteiger partial charge in [0.25, 0.3) is 0 Å². The van der Waals surface area contributed by atoms with Gasteiger partial charge in [0.1, 0.15) is 5.82 Å². The topological polar surface area (TPSA) is 46.0 Å². The molecule has 24 heavy (non-hydrogen) atoms. The monoisotopic (exact) mass is 338 g/mol. The van der Waals surface area contributed by atoms with E-state index >= 15 is 0 Å².